The lowest BCUT2D eigenvalue weighted by Gasteiger charge is -2.28. The fourth-order valence-corrected chi connectivity index (χ4v) is 0.728. The summed E-state index contributed by atoms with van der Waals surface area (Å²) >= 11 is 0. The van der Waals surface area contributed by atoms with Crippen LogP contribution in [0.15, 0.2) is 0 Å². The first-order valence-corrected chi connectivity index (χ1v) is 4.05. The molecular formula is C8H16F3NO. The second-order valence-corrected chi connectivity index (χ2v) is 4.27. The molecule has 0 aromatic carbocycles. The normalized spacial score (nSPS) is 18.5. The highest BCUT2D eigenvalue weighted by Gasteiger charge is 2.39. The van der Waals surface area contributed by atoms with Gasteiger partial charge in [0.05, 0.1) is 6.10 Å². The fraction of sp³-hybridized carbons (Fsp3) is 1.00. The van der Waals surface area contributed by atoms with Crippen molar-refractivity contribution in [3.8, 4) is 0 Å². The van der Waals surface area contributed by atoms with Gasteiger partial charge in [-0.3, -0.25) is 0 Å². The molecule has 0 spiro atoms. The molecule has 2 atom stereocenters. The van der Waals surface area contributed by atoms with E-state index in [-0.39, 0.29) is 0 Å². The van der Waals surface area contributed by atoms with Gasteiger partial charge in [0.25, 0.3) is 0 Å². The molecule has 80 valence electrons. The van der Waals surface area contributed by atoms with Crippen molar-refractivity contribution in [1.29, 1.82) is 0 Å². The van der Waals surface area contributed by atoms with Crippen LogP contribution in [0.5, 0.6) is 0 Å². The quantitative estimate of drug-likeness (QED) is 0.710. The van der Waals surface area contributed by atoms with E-state index in [2.05, 4.69) is 0 Å². The summed E-state index contributed by atoms with van der Waals surface area (Å²) in [7, 11) is 0. The Balaban J connectivity index is 4.15. The maximum absolute atomic E-state index is 12.0. The summed E-state index contributed by atoms with van der Waals surface area (Å²) in [4.78, 5) is 0. The van der Waals surface area contributed by atoms with E-state index in [0.717, 1.165) is 0 Å². The van der Waals surface area contributed by atoms with Crippen LogP contribution in [-0.2, 0) is 0 Å². The monoisotopic (exact) mass is 199 g/mol. The van der Waals surface area contributed by atoms with Crippen LogP contribution in [0.2, 0.25) is 0 Å². The Kier molecular flexibility index (Phi) is 3.75. The van der Waals surface area contributed by atoms with E-state index in [4.69, 9.17) is 5.73 Å². The molecule has 0 aromatic heterocycles. The van der Waals surface area contributed by atoms with Crippen molar-refractivity contribution in [2.45, 2.75) is 45.5 Å². The zero-order valence-electron chi connectivity index (χ0n) is 8.02. The highest BCUT2D eigenvalue weighted by Crippen LogP contribution is 2.27. The van der Waals surface area contributed by atoms with Gasteiger partial charge >= 0.3 is 6.18 Å². The van der Waals surface area contributed by atoms with Crippen LogP contribution in [-0.4, -0.2) is 23.4 Å². The third kappa shape index (κ3) is 4.47. The second-order valence-electron chi connectivity index (χ2n) is 4.27. The molecule has 0 rings (SSSR count). The van der Waals surface area contributed by atoms with Gasteiger partial charge in [-0.05, 0) is 11.8 Å². The Labute approximate surface area is 75.9 Å². The molecule has 0 aliphatic heterocycles. The molecule has 13 heavy (non-hydrogen) atoms. The number of alkyl halides is 3. The number of aliphatic hydroxyl groups is 1. The fourth-order valence-electron chi connectivity index (χ4n) is 0.728. The van der Waals surface area contributed by atoms with Gasteiger partial charge in [0, 0.05) is 0 Å². The number of nitrogens with two attached hydrogens (primary N) is 1. The lowest BCUT2D eigenvalue weighted by atomic mass is 9.85. The molecule has 0 unspecified atom stereocenters. The van der Waals surface area contributed by atoms with Gasteiger partial charge in [0.15, 0.2) is 0 Å². The van der Waals surface area contributed by atoms with Gasteiger partial charge in [0.1, 0.15) is 6.04 Å². The van der Waals surface area contributed by atoms with Crippen LogP contribution >= 0.6 is 0 Å². The number of rotatable bonds is 2. The van der Waals surface area contributed by atoms with Crippen molar-refractivity contribution >= 4 is 0 Å². The molecule has 0 heterocycles. The third-order valence-corrected chi connectivity index (χ3v) is 1.90. The summed E-state index contributed by atoms with van der Waals surface area (Å²) < 4.78 is 35.9. The van der Waals surface area contributed by atoms with Gasteiger partial charge in [-0.1, -0.05) is 20.8 Å². The summed E-state index contributed by atoms with van der Waals surface area (Å²) in [6.07, 6.45) is -5.91. The molecular weight excluding hydrogens is 183 g/mol. The smallest absolute Gasteiger partial charge is 0.393 e. The minimum Gasteiger partial charge on any atom is -0.393 e. The van der Waals surface area contributed by atoms with Gasteiger partial charge in [-0.15, -0.1) is 0 Å². The molecule has 0 aliphatic rings. The molecule has 2 nitrogen and oxygen atoms in total. The third-order valence-electron chi connectivity index (χ3n) is 1.90. The van der Waals surface area contributed by atoms with E-state index in [1.807, 2.05) is 0 Å². The summed E-state index contributed by atoms with van der Waals surface area (Å²) in [6.45, 7) is 5.00. The average Bonchev–Trinajstić information content (AvgIpc) is 1.82. The zero-order valence-corrected chi connectivity index (χ0v) is 8.02. The number of hydrogen-bond donors (Lipinski definition) is 2. The summed E-state index contributed by atoms with van der Waals surface area (Å²) in [5.41, 5.74) is 4.30. The van der Waals surface area contributed by atoms with Crippen molar-refractivity contribution in [2.24, 2.45) is 11.1 Å². The Bertz CT molecular complexity index is 144. The number of aliphatic hydroxyl groups excluding tert-OH is 1. The first-order chi connectivity index (χ1) is 5.55. The van der Waals surface area contributed by atoms with Crippen molar-refractivity contribution in [1.82, 2.24) is 0 Å². The molecule has 0 saturated carbocycles. The average molecular weight is 199 g/mol. The molecule has 0 aromatic rings. The predicted molar refractivity (Wildman–Crippen MR) is 44.1 cm³/mol. The largest absolute Gasteiger partial charge is 0.403 e. The SMILES string of the molecule is CC(C)(C)[C@H](O)C[C@@H](N)C(F)(F)F. The van der Waals surface area contributed by atoms with Crippen LogP contribution in [0.3, 0.4) is 0 Å². The number of hydrogen-bond acceptors (Lipinski definition) is 2. The van der Waals surface area contributed by atoms with Gasteiger partial charge in [-0.25, -0.2) is 0 Å². The van der Waals surface area contributed by atoms with Crippen LogP contribution in [0.4, 0.5) is 13.2 Å². The van der Waals surface area contributed by atoms with Crippen molar-refractivity contribution in [3.63, 3.8) is 0 Å². The molecule has 3 N–H and O–H groups in total. The maximum Gasteiger partial charge on any atom is 0.403 e. The van der Waals surface area contributed by atoms with Crippen molar-refractivity contribution in [2.75, 3.05) is 0 Å². The lowest BCUT2D eigenvalue weighted by Crippen LogP contribution is -2.43. The zero-order chi connectivity index (χ0) is 10.9. The van der Waals surface area contributed by atoms with Crippen LogP contribution in [0.25, 0.3) is 0 Å². The second kappa shape index (κ2) is 3.84. The summed E-state index contributed by atoms with van der Waals surface area (Å²) in [5, 5.41) is 9.34. The van der Waals surface area contributed by atoms with Crippen molar-refractivity contribution in [3.05, 3.63) is 0 Å². The highest BCUT2D eigenvalue weighted by molar-refractivity contribution is 4.80. The van der Waals surface area contributed by atoms with E-state index in [1.54, 1.807) is 20.8 Å². The Morgan fingerprint density at radius 1 is 1.23 bits per heavy atom. The molecule has 5 heteroatoms. The summed E-state index contributed by atoms with van der Waals surface area (Å²) in [5.74, 6) is 0. The molecule has 0 bridgehead atoms. The van der Waals surface area contributed by atoms with Crippen LogP contribution in [0.1, 0.15) is 27.2 Å². The Hall–Kier alpha value is -0.290. The van der Waals surface area contributed by atoms with E-state index in [0.29, 0.717) is 0 Å². The molecule has 0 saturated heterocycles. The van der Waals surface area contributed by atoms with Gasteiger partial charge in [0.2, 0.25) is 0 Å². The number of halogens is 3. The summed E-state index contributed by atoms with van der Waals surface area (Å²) in [6, 6.07) is -1.94. The first kappa shape index (κ1) is 12.7. The topological polar surface area (TPSA) is 46.2 Å². The standard InChI is InChI=1S/C8H16F3NO/c1-7(2,3)6(13)4-5(12)8(9,10)11/h5-6,13H,4,12H2,1-3H3/t5-,6-/m1/s1. The van der Waals surface area contributed by atoms with Gasteiger partial charge in [-0.2, -0.15) is 13.2 Å². The Morgan fingerprint density at radius 2 is 1.62 bits per heavy atom. The van der Waals surface area contributed by atoms with E-state index >= 15 is 0 Å². The molecule has 0 fully saturated rings. The minimum atomic E-state index is -4.42. The maximum atomic E-state index is 12.0. The predicted octanol–water partition coefficient (Wildman–Crippen LogP) is 1.67. The lowest BCUT2D eigenvalue weighted by molar-refractivity contribution is -0.156. The van der Waals surface area contributed by atoms with E-state index in [1.165, 1.54) is 0 Å². The highest BCUT2D eigenvalue weighted by atomic mass is 19.4. The van der Waals surface area contributed by atoms with Gasteiger partial charge < -0.3 is 10.8 Å². The van der Waals surface area contributed by atoms with Crippen molar-refractivity contribution < 1.29 is 18.3 Å². The first-order valence-electron chi connectivity index (χ1n) is 4.05. The Morgan fingerprint density at radius 3 is 1.85 bits per heavy atom. The molecule has 0 radical (unpaired) electrons. The van der Waals surface area contributed by atoms with E-state index in [9.17, 15) is 18.3 Å². The van der Waals surface area contributed by atoms with E-state index < -0.39 is 30.2 Å². The van der Waals surface area contributed by atoms with Crippen LogP contribution in [0, 0.1) is 5.41 Å². The molecule has 0 aliphatic carbocycles. The minimum absolute atomic E-state index is 0.451. The molecule has 0 amide bonds. The van der Waals surface area contributed by atoms with Crippen LogP contribution < -0.4 is 5.73 Å².